The molecule has 2 nitrogen and oxygen atoms in total. The maximum absolute atomic E-state index is 4.29. The highest BCUT2D eigenvalue weighted by Crippen LogP contribution is 2.25. The summed E-state index contributed by atoms with van der Waals surface area (Å²) in [6.07, 6.45) is 4.47. The van der Waals surface area contributed by atoms with Crippen molar-refractivity contribution in [1.82, 2.24) is 10.3 Å². The molecule has 1 N–H and O–H groups in total. The first-order chi connectivity index (χ1) is 6.63. The lowest BCUT2D eigenvalue weighted by molar-refractivity contribution is 0.469. The smallest absolute Gasteiger partial charge is 0.0897 e. The second kappa shape index (κ2) is 5.47. The van der Waals surface area contributed by atoms with Crippen LogP contribution in [-0.4, -0.2) is 12.0 Å². The molecule has 0 saturated carbocycles. The molecule has 1 heterocycles. The van der Waals surface area contributed by atoms with E-state index in [0.717, 1.165) is 10.9 Å². The van der Waals surface area contributed by atoms with Crippen LogP contribution < -0.4 is 5.32 Å². The molecule has 1 atom stereocenters. The Hall–Kier alpha value is -0.410. The average Bonchev–Trinajstić information content (AvgIpc) is 2.53. The Kier molecular flexibility index (Phi) is 4.55. The van der Waals surface area contributed by atoms with Gasteiger partial charge >= 0.3 is 0 Å². The Morgan fingerprint density at radius 1 is 1.43 bits per heavy atom. The molecule has 0 saturated heterocycles. The summed E-state index contributed by atoms with van der Waals surface area (Å²) in [5.74, 6) is 0.778. The van der Waals surface area contributed by atoms with E-state index in [4.69, 9.17) is 0 Å². The normalized spacial score (nSPS) is 13.5. The molecule has 14 heavy (non-hydrogen) atoms. The van der Waals surface area contributed by atoms with Crippen LogP contribution in [0.4, 0.5) is 0 Å². The fourth-order valence-electron chi connectivity index (χ4n) is 1.47. The number of hydrogen-bond donors (Lipinski definition) is 1. The van der Waals surface area contributed by atoms with Gasteiger partial charge in [0.2, 0.25) is 0 Å². The topological polar surface area (TPSA) is 24.9 Å². The van der Waals surface area contributed by atoms with Crippen molar-refractivity contribution in [2.75, 3.05) is 7.05 Å². The van der Waals surface area contributed by atoms with E-state index in [9.17, 15) is 0 Å². The second-order valence-electron chi connectivity index (χ2n) is 4.09. The van der Waals surface area contributed by atoms with E-state index in [2.05, 4.69) is 31.1 Å². The molecule has 3 heteroatoms. The van der Waals surface area contributed by atoms with Crippen molar-refractivity contribution in [3.63, 3.8) is 0 Å². The van der Waals surface area contributed by atoms with Gasteiger partial charge in [-0.3, -0.25) is 0 Å². The highest BCUT2D eigenvalue weighted by atomic mass is 32.1. The van der Waals surface area contributed by atoms with Crippen LogP contribution in [0.2, 0.25) is 0 Å². The zero-order chi connectivity index (χ0) is 10.6. The van der Waals surface area contributed by atoms with Gasteiger partial charge in [0.25, 0.3) is 0 Å². The number of aromatic nitrogens is 1. The third kappa shape index (κ3) is 3.39. The van der Waals surface area contributed by atoms with Gasteiger partial charge in [-0.15, -0.1) is 11.3 Å². The lowest BCUT2D eigenvalue weighted by Crippen LogP contribution is -2.15. The Morgan fingerprint density at radius 2 is 2.14 bits per heavy atom. The lowest BCUT2D eigenvalue weighted by atomic mass is 10.0. The molecule has 0 aliphatic carbocycles. The summed E-state index contributed by atoms with van der Waals surface area (Å²) in [6.45, 7) is 6.60. The maximum atomic E-state index is 4.29. The van der Waals surface area contributed by atoms with Gasteiger partial charge in [-0.25, -0.2) is 4.98 Å². The molecule has 1 aromatic rings. The van der Waals surface area contributed by atoms with Crippen molar-refractivity contribution in [1.29, 1.82) is 0 Å². The highest BCUT2D eigenvalue weighted by Gasteiger charge is 2.12. The van der Waals surface area contributed by atoms with Crippen molar-refractivity contribution < 1.29 is 0 Å². The number of rotatable bonds is 5. The molecule has 1 unspecified atom stereocenters. The zero-order valence-corrected chi connectivity index (χ0v) is 10.3. The van der Waals surface area contributed by atoms with E-state index in [0.29, 0.717) is 6.04 Å². The third-order valence-corrected chi connectivity index (χ3v) is 3.39. The van der Waals surface area contributed by atoms with Crippen molar-refractivity contribution in [3.8, 4) is 0 Å². The van der Waals surface area contributed by atoms with Crippen LogP contribution in [0.1, 0.15) is 42.6 Å². The molecule has 0 amide bonds. The minimum atomic E-state index is 0.489. The number of nitrogens with one attached hydrogen (secondary N) is 1. The number of thiazole rings is 1. The molecule has 1 rings (SSSR count). The van der Waals surface area contributed by atoms with Crippen LogP contribution in [0, 0.1) is 12.8 Å². The number of nitrogens with zero attached hydrogens (tertiary/aromatic N) is 1. The summed E-state index contributed by atoms with van der Waals surface area (Å²) in [6, 6.07) is 0.489. The van der Waals surface area contributed by atoms with E-state index < -0.39 is 0 Å². The van der Waals surface area contributed by atoms with Crippen molar-refractivity contribution in [2.24, 2.45) is 5.92 Å². The first-order valence-electron chi connectivity index (χ1n) is 5.23. The Morgan fingerprint density at radius 3 is 2.57 bits per heavy atom. The summed E-state index contributed by atoms with van der Waals surface area (Å²) < 4.78 is 0. The largest absolute Gasteiger partial charge is 0.312 e. The predicted octanol–water partition coefficient (Wildman–Crippen LogP) is 3.15. The van der Waals surface area contributed by atoms with Crippen LogP contribution in [-0.2, 0) is 0 Å². The first kappa shape index (κ1) is 11.7. The fourth-order valence-corrected chi connectivity index (χ4v) is 2.40. The molecule has 80 valence electrons. The van der Waals surface area contributed by atoms with Gasteiger partial charge in [0, 0.05) is 17.1 Å². The molecule has 0 aliphatic rings. The van der Waals surface area contributed by atoms with E-state index in [1.54, 1.807) is 11.3 Å². The predicted molar refractivity (Wildman–Crippen MR) is 62.7 cm³/mol. The summed E-state index contributed by atoms with van der Waals surface area (Å²) in [5.41, 5.74) is 0. The summed E-state index contributed by atoms with van der Waals surface area (Å²) in [7, 11) is 2.03. The molecule has 1 aromatic heterocycles. The number of aryl methyl sites for hydroxylation is 1. The molecule has 0 bridgehead atoms. The molecule has 0 aromatic carbocycles. The maximum Gasteiger partial charge on any atom is 0.0897 e. The van der Waals surface area contributed by atoms with Crippen LogP contribution in [0.25, 0.3) is 0 Å². The van der Waals surface area contributed by atoms with E-state index >= 15 is 0 Å². The van der Waals surface area contributed by atoms with E-state index in [-0.39, 0.29) is 0 Å². The van der Waals surface area contributed by atoms with Crippen LogP contribution in [0.15, 0.2) is 6.20 Å². The second-order valence-corrected chi connectivity index (χ2v) is 5.36. The van der Waals surface area contributed by atoms with Gasteiger partial charge in [0.05, 0.1) is 5.01 Å². The van der Waals surface area contributed by atoms with Crippen LogP contribution in [0.3, 0.4) is 0 Å². The summed E-state index contributed by atoms with van der Waals surface area (Å²) in [5, 5.41) is 4.51. The van der Waals surface area contributed by atoms with Crippen LogP contribution in [0.5, 0.6) is 0 Å². The molecular formula is C11H20N2S. The standard InChI is InChI=1S/C11H20N2S/c1-8(2)5-6-10(12-4)11-7-13-9(3)14-11/h7-8,10,12H,5-6H2,1-4H3. The van der Waals surface area contributed by atoms with Gasteiger partial charge in [-0.1, -0.05) is 13.8 Å². The van der Waals surface area contributed by atoms with Gasteiger partial charge in [-0.2, -0.15) is 0 Å². The van der Waals surface area contributed by atoms with Crippen LogP contribution >= 0.6 is 11.3 Å². The van der Waals surface area contributed by atoms with E-state index in [1.807, 2.05) is 13.2 Å². The van der Waals surface area contributed by atoms with Crippen molar-refractivity contribution >= 4 is 11.3 Å². The molecule has 0 aliphatic heterocycles. The summed E-state index contributed by atoms with van der Waals surface area (Å²) in [4.78, 5) is 5.66. The summed E-state index contributed by atoms with van der Waals surface area (Å²) >= 11 is 1.80. The quantitative estimate of drug-likeness (QED) is 0.811. The molecule has 0 fully saturated rings. The van der Waals surface area contributed by atoms with Crippen molar-refractivity contribution in [2.45, 2.75) is 39.7 Å². The minimum absolute atomic E-state index is 0.489. The van der Waals surface area contributed by atoms with Crippen molar-refractivity contribution in [3.05, 3.63) is 16.1 Å². The van der Waals surface area contributed by atoms with Gasteiger partial charge in [0.15, 0.2) is 0 Å². The average molecular weight is 212 g/mol. The Balaban J connectivity index is 2.54. The zero-order valence-electron chi connectivity index (χ0n) is 9.50. The lowest BCUT2D eigenvalue weighted by Gasteiger charge is -2.14. The monoisotopic (exact) mass is 212 g/mol. The van der Waals surface area contributed by atoms with Gasteiger partial charge < -0.3 is 5.32 Å². The molecule has 0 spiro atoms. The first-order valence-corrected chi connectivity index (χ1v) is 6.04. The van der Waals surface area contributed by atoms with Gasteiger partial charge in [-0.05, 0) is 32.7 Å². The fraction of sp³-hybridized carbons (Fsp3) is 0.727. The minimum Gasteiger partial charge on any atom is -0.312 e. The number of hydrogen-bond acceptors (Lipinski definition) is 3. The highest BCUT2D eigenvalue weighted by molar-refractivity contribution is 7.11. The Bertz CT molecular complexity index is 268. The Labute approximate surface area is 90.8 Å². The molecule has 0 radical (unpaired) electrons. The SMILES string of the molecule is CNC(CCC(C)C)c1cnc(C)s1. The third-order valence-electron chi connectivity index (χ3n) is 2.36. The van der Waals surface area contributed by atoms with E-state index in [1.165, 1.54) is 17.7 Å². The molecular weight excluding hydrogens is 192 g/mol. The van der Waals surface area contributed by atoms with Gasteiger partial charge in [0.1, 0.15) is 0 Å².